The van der Waals surface area contributed by atoms with Crippen molar-refractivity contribution >= 4 is 33.2 Å². The largest absolute Gasteiger partial charge is 0.350 e. The molecule has 2 aromatic rings. The molecule has 0 atom stereocenters. The smallest absolute Gasteiger partial charge is 0.251 e. The van der Waals surface area contributed by atoms with Crippen molar-refractivity contribution in [3.63, 3.8) is 0 Å². The number of carbonyl (C=O) groups is 1. The minimum Gasteiger partial charge on any atom is -0.350 e. The highest BCUT2D eigenvalue weighted by molar-refractivity contribution is 7.92. The molecule has 0 fully saturated rings. The molecule has 0 bridgehead atoms. The lowest BCUT2D eigenvalue weighted by Gasteiger charge is -2.23. The summed E-state index contributed by atoms with van der Waals surface area (Å²) in [6, 6.07) is 12.2. The van der Waals surface area contributed by atoms with E-state index in [4.69, 9.17) is 11.6 Å². The summed E-state index contributed by atoms with van der Waals surface area (Å²) in [6.45, 7) is 4.18. The van der Waals surface area contributed by atoms with Crippen molar-refractivity contribution < 1.29 is 13.2 Å². The average molecular weight is 381 g/mol. The van der Waals surface area contributed by atoms with E-state index in [-0.39, 0.29) is 19.0 Å². The number of sulfonamides is 1. The summed E-state index contributed by atoms with van der Waals surface area (Å²) in [6.07, 6.45) is 1.11. The van der Waals surface area contributed by atoms with Gasteiger partial charge in [-0.1, -0.05) is 29.8 Å². The number of para-hydroxylation sites is 1. The predicted octanol–water partition coefficient (Wildman–Crippen LogP) is 3.15. The first-order chi connectivity index (χ1) is 11.7. The second kappa shape index (κ2) is 7.89. The standard InChI is InChI=1S/C18H21ClN2O3S/c1-13-8-9-15(12-14(13)2)18(22)20-10-11-21(25(3,23)24)17-7-5-4-6-16(17)19/h4-9,12H,10-11H2,1-3H3,(H,20,22). The van der Waals surface area contributed by atoms with E-state index in [9.17, 15) is 13.2 Å². The number of anilines is 1. The number of halogens is 1. The molecule has 0 aliphatic carbocycles. The van der Waals surface area contributed by atoms with E-state index in [0.717, 1.165) is 17.4 Å². The highest BCUT2D eigenvalue weighted by atomic mass is 35.5. The Morgan fingerprint density at radius 3 is 2.40 bits per heavy atom. The summed E-state index contributed by atoms with van der Waals surface area (Å²) in [5.41, 5.74) is 3.08. The van der Waals surface area contributed by atoms with E-state index in [1.54, 1.807) is 30.3 Å². The minimum atomic E-state index is -3.52. The van der Waals surface area contributed by atoms with Gasteiger partial charge >= 0.3 is 0 Å². The van der Waals surface area contributed by atoms with Crippen LogP contribution in [0.4, 0.5) is 5.69 Å². The van der Waals surface area contributed by atoms with Crippen molar-refractivity contribution in [3.8, 4) is 0 Å². The molecule has 0 saturated heterocycles. The Bertz CT molecular complexity index is 882. The summed E-state index contributed by atoms with van der Waals surface area (Å²) in [4.78, 5) is 12.2. The summed E-state index contributed by atoms with van der Waals surface area (Å²) in [5.74, 6) is -0.240. The molecule has 2 rings (SSSR count). The zero-order valence-corrected chi connectivity index (χ0v) is 16.0. The van der Waals surface area contributed by atoms with Gasteiger partial charge in [0, 0.05) is 12.1 Å². The van der Waals surface area contributed by atoms with E-state index in [1.807, 2.05) is 26.0 Å². The van der Waals surface area contributed by atoms with Crippen LogP contribution < -0.4 is 9.62 Å². The summed E-state index contributed by atoms with van der Waals surface area (Å²) in [7, 11) is -3.52. The number of carbonyl (C=O) groups excluding carboxylic acids is 1. The first-order valence-electron chi connectivity index (χ1n) is 7.78. The maximum Gasteiger partial charge on any atom is 0.251 e. The third kappa shape index (κ3) is 4.96. The zero-order chi connectivity index (χ0) is 18.6. The van der Waals surface area contributed by atoms with Gasteiger partial charge in [-0.3, -0.25) is 9.10 Å². The normalized spacial score (nSPS) is 11.2. The molecule has 134 valence electrons. The van der Waals surface area contributed by atoms with E-state index in [2.05, 4.69) is 5.32 Å². The molecule has 0 spiro atoms. The first-order valence-corrected chi connectivity index (χ1v) is 10.0. The highest BCUT2D eigenvalue weighted by Crippen LogP contribution is 2.26. The third-order valence-corrected chi connectivity index (χ3v) is 5.39. The fourth-order valence-corrected chi connectivity index (χ4v) is 3.60. The first kappa shape index (κ1) is 19.3. The van der Waals surface area contributed by atoms with Gasteiger partial charge in [-0.05, 0) is 49.2 Å². The van der Waals surface area contributed by atoms with Gasteiger partial charge in [-0.15, -0.1) is 0 Å². The van der Waals surface area contributed by atoms with Crippen LogP contribution in [0.1, 0.15) is 21.5 Å². The van der Waals surface area contributed by atoms with Gasteiger partial charge in [0.1, 0.15) is 0 Å². The Hall–Kier alpha value is -2.05. The molecule has 25 heavy (non-hydrogen) atoms. The van der Waals surface area contributed by atoms with Crippen molar-refractivity contribution in [2.24, 2.45) is 0 Å². The van der Waals surface area contributed by atoms with Crippen molar-refractivity contribution in [2.45, 2.75) is 13.8 Å². The van der Waals surface area contributed by atoms with Crippen molar-refractivity contribution in [1.82, 2.24) is 5.32 Å². The van der Waals surface area contributed by atoms with Crippen LogP contribution in [-0.2, 0) is 10.0 Å². The van der Waals surface area contributed by atoms with Gasteiger partial charge in [-0.25, -0.2) is 8.42 Å². The van der Waals surface area contributed by atoms with Crippen molar-refractivity contribution in [1.29, 1.82) is 0 Å². The lowest BCUT2D eigenvalue weighted by atomic mass is 10.1. The van der Waals surface area contributed by atoms with Crippen LogP contribution in [-0.4, -0.2) is 33.7 Å². The number of hydrogen-bond donors (Lipinski definition) is 1. The number of hydrogen-bond acceptors (Lipinski definition) is 3. The maximum atomic E-state index is 12.2. The molecule has 0 aliphatic rings. The molecule has 5 nitrogen and oxygen atoms in total. The molecule has 1 amide bonds. The number of amides is 1. The van der Waals surface area contributed by atoms with Crippen molar-refractivity contribution in [3.05, 3.63) is 64.2 Å². The Labute approximate surface area is 153 Å². The van der Waals surface area contributed by atoms with Crippen molar-refractivity contribution in [2.75, 3.05) is 23.7 Å². The molecule has 2 aromatic carbocycles. The molecule has 0 saturated carbocycles. The molecular formula is C18H21ClN2O3S. The average Bonchev–Trinajstić information content (AvgIpc) is 2.54. The lowest BCUT2D eigenvalue weighted by Crippen LogP contribution is -2.38. The summed E-state index contributed by atoms with van der Waals surface area (Å²) < 4.78 is 25.3. The van der Waals surface area contributed by atoms with Crippen LogP contribution in [0.15, 0.2) is 42.5 Å². The lowest BCUT2D eigenvalue weighted by molar-refractivity contribution is 0.0954. The van der Waals surface area contributed by atoms with E-state index in [1.165, 1.54) is 4.31 Å². The monoisotopic (exact) mass is 380 g/mol. The summed E-state index contributed by atoms with van der Waals surface area (Å²) in [5, 5.41) is 3.09. The minimum absolute atomic E-state index is 0.0964. The van der Waals surface area contributed by atoms with Gasteiger partial charge in [-0.2, -0.15) is 0 Å². The topological polar surface area (TPSA) is 66.5 Å². The van der Waals surface area contributed by atoms with Gasteiger partial charge in [0.2, 0.25) is 10.0 Å². The fraction of sp³-hybridized carbons (Fsp3) is 0.278. The zero-order valence-electron chi connectivity index (χ0n) is 14.4. The second-order valence-electron chi connectivity index (χ2n) is 5.84. The number of nitrogens with zero attached hydrogens (tertiary/aromatic N) is 1. The van der Waals surface area contributed by atoms with Gasteiger partial charge < -0.3 is 5.32 Å². The molecule has 0 radical (unpaired) electrons. The van der Waals surface area contributed by atoms with E-state index >= 15 is 0 Å². The van der Waals surface area contributed by atoms with Crippen LogP contribution in [0, 0.1) is 13.8 Å². The van der Waals surface area contributed by atoms with Gasteiger partial charge in [0.05, 0.1) is 23.5 Å². The molecular weight excluding hydrogens is 360 g/mol. The number of aryl methyl sites for hydroxylation is 2. The van der Waals surface area contributed by atoms with Gasteiger partial charge in [0.25, 0.3) is 5.91 Å². The maximum absolute atomic E-state index is 12.2. The number of rotatable bonds is 6. The van der Waals surface area contributed by atoms with Crippen LogP contribution in [0.2, 0.25) is 5.02 Å². The molecule has 0 unspecified atom stereocenters. The molecule has 7 heteroatoms. The predicted molar refractivity (Wildman–Crippen MR) is 102 cm³/mol. The number of benzene rings is 2. The van der Waals surface area contributed by atoms with Crippen LogP contribution in [0.3, 0.4) is 0 Å². The second-order valence-corrected chi connectivity index (χ2v) is 8.16. The Morgan fingerprint density at radius 1 is 1.12 bits per heavy atom. The third-order valence-electron chi connectivity index (χ3n) is 3.89. The Balaban J connectivity index is 2.08. The van der Waals surface area contributed by atoms with Gasteiger partial charge in [0.15, 0.2) is 0 Å². The summed E-state index contributed by atoms with van der Waals surface area (Å²) >= 11 is 6.10. The molecule has 1 N–H and O–H groups in total. The fourth-order valence-electron chi connectivity index (χ4n) is 2.37. The van der Waals surface area contributed by atoms with E-state index in [0.29, 0.717) is 16.3 Å². The highest BCUT2D eigenvalue weighted by Gasteiger charge is 2.19. The molecule has 0 aliphatic heterocycles. The Morgan fingerprint density at radius 2 is 1.80 bits per heavy atom. The van der Waals surface area contributed by atoms with Crippen LogP contribution in [0.25, 0.3) is 0 Å². The van der Waals surface area contributed by atoms with E-state index < -0.39 is 10.0 Å². The molecule has 0 heterocycles. The quantitative estimate of drug-likeness (QED) is 0.837. The molecule has 0 aromatic heterocycles. The van der Waals surface area contributed by atoms with Crippen LogP contribution >= 0.6 is 11.6 Å². The Kier molecular flexibility index (Phi) is 6.08. The SMILES string of the molecule is Cc1ccc(C(=O)NCCN(c2ccccc2Cl)S(C)(=O)=O)cc1C. The number of nitrogens with one attached hydrogen (secondary N) is 1. The van der Waals surface area contributed by atoms with Crippen LogP contribution in [0.5, 0.6) is 0 Å².